The van der Waals surface area contributed by atoms with Gasteiger partial charge in [0, 0.05) is 120 Å². The number of para-hydroxylation sites is 2. The van der Waals surface area contributed by atoms with Gasteiger partial charge >= 0.3 is 0 Å². The number of nitrogens with zero attached hydrogens (tertiary/aromatic N) is 6. The summed E-state index contributed by atoms with van der Waals surface area (Å²) < 4.78 is 0. The summed E-state index contributed by atoms with van der Waals surface area (Å²) in [4.78, 5) is 265. The maximum absolute atomic E-state index is 15.7. The van der Waals surface area contributed by atoms with Gasteiger partial charge in [0.1, 0.15) is 84.3 Å². The van der Waals surface area contributed by atoms with Crippen LogP contribution in [0.2, 0.25) is 0 Å². The summed E-state index contributed by atoms with van der Waals surface area (Å²) in [5, 5.41) is 50.2. The number of aliphatic hydroxyl groups is 1. The number of aliphatic hydroxyl groups excluding tert-OH is 1. The summed E-state index contributed by atoms with van der Waals surface area (Å²) in [7, 11) is 4.08. The highest BCUT2D eigenvalue weighted by atomic mass is 32.2. The van der Waals surface area contributed by atoms with Gasteiger partial charge in [-0.05, 0) is 123 Å². The van der Waals surface area contributed by atoms with Crippen molar-refractivity contribution in [1.29, 1.82) is 0 Å². The molecule has 14 atom stereocenters. The molecule has 0 unspecified atom stereocenters. The Bertz CT molecular complexity index is 5300. The zero-order chi connectivity index (χ0) is 100. The average Bonchev–Trinajstić information content (AvgIpc) is 1.20. The standard InChI is InChI=1S/C98H136N20O19S/c1-11-13-29-78-91(130)107-70(41-56(3)4)89(128)112-77(88(127)104-52-85(124)116-39-36-61(37-40-116)60-23-16-15-17-24-60)54-138-55-84(123)106-73(43-59-32-34-64(119)35-33-59)94(133)113(8)58(7)86(125)109-75(47-82(100)121)96(135)117-38-22-31-79(117)92(131)111-76(48-99)90(129)110-72(42-57(5)6)97(136)118-53-65(120)46-81(118)93(132)108-71(44-62-49-101-68-27-20-18-25-66(62)68)87(126)103-51-83(122)105-74(45-63-50-102-69-28-21-19-26-67(63)69)95(134)115(10)80(30-14-12-2)98(137)114(78)9/h15-21,23-28,32-35,49-50,56-58,61,65,70-81,101-102,119-120H,11-14,22,29-31,36-48,51-55,99H2,1-10H3,(H2,100,121)(H,103,126)(H,104,127)(H,105,122)(H,106,123)(H,107,130)(H,108,132)(H,109,125)(H,110,129)(H,111,131)(H,112,128)/t58-,65+,70-,71-,72-,73-,74-,75-,76-,77-,78-,79-,80-,81-/m0/s1. The fraction of sp³-hybridized carbons (Fsp3) is 0.541. The smallest absolute Gasteiger partial charge is 0.246 e. The van der Waals surface area contributed by atoms with Crippen molar-refractivity contribution in [2.45, 2.75) is 248 Å². The molecule has 4 aliphatic rings. The van der Waals surface area contributed by atoms with Crippen LogP contribution in [0.5, 0.6) is 5.75 Å². The minimum Gasteiger partial charge on any atom is -0.508 e. The second-order valence-corrected chi connectivity index (χ2v) is 38.2. The quantitative estimate of drug-likeness (QED) is 0.0431. The number of hydrogen-bond acceptors (Lipinski definition) is 21. The number of fused-ring (bicyclic) bond motifs is 4. The average molecular weight is 1930 g/mol. The number of carbonyl (C=O) groups is 17. The molecule has 4 fully saturated rings. The first-order chi connectivity index (χ1) is 65.9. The Labute approximate surface area is 807 Å². The van der Waals surface area contributed by atoms with Crippen LogP contribution >= 0.6 is 11.8 Å². The monoisotopic (exact) mass is 1930 g/mol. The Morgan fingerprint density at radius 1 is 0.522 bits per heavy atom. The number of thioether (sulfide) groups is 1. The third-order valence-corrected chi connectivity index (χ3v) is 27.1. The van der Waals surface area contributed by atoms with Crippen molar-refractivity contribution in [2.24, 2.45) is 23.3 Å². The van der Waals surface area contributed by atoms with Crippen LogP contribution in [0.25, 0.3) is 21.8 Å². The number of aromatic nitrogens is 2. The van der Waals surface area contributed by atoms with Gasteiger partial charge in [-0.15, -0.1) is 11.8 Å². The molecular formula is C98H136N20O19S. The number of primary amides is 1. The number of hydrogen-bond donors (Lipinski definition) is 16. The number of benzene rings is 4. The van der Waals surface area contributed by atoms with Crippen molar-refractivity contribution in [2.75, 3.05) is 78.5 Å². The lowest BCUT2D eigenvalue weighted by molar-refractivity contribution is -0.149. The second kappa shape index (κ2) is 50.9. The molecule has 0 spiro atoms. The highest BCUT2D eigenvalue weighted by molar-refractivity contribution is 8.00. The summed E-state index contributed by atoms with van der Waals surface area (Å²) in [6.45, 7) is 10.6. The summed E-state index contributed by atoms with van der Waals surface area (Å²) in [6, 6.07) is 10.9. The van der Waals surface area contributed by atoms with E-state index in [1.165, 1.54) is 62.1 Å². The molecule has 39 nitrogen and oxygen atoms in total. The number of nitrogens with two attached hydrogens (primary N) is 2. The van der Waals surface area contributed by atoms with Gasteiger partial charge in [-0.1, -0.05) is 146 Å². The summed E-state index contributed by atoms with van der Waals surface area (Å²) in [5.41, 5.74) is 16.0. The van der Waals surface area contributed by atoms with Gasteiger partial charge in [-0.25, -0.2) is 0 Å². The highest BCUT2D eigenvalue weighted by Gasteiger charge is 2.47. The van der Waals surface area contributed by atoms with Crippen LogP contribution in [-0.2, 0) is 101 Å². The van der Waals surface area contributed by atoms with Crippen molar-refractivity contribution in [3.05, 3.63) is 138 Å². The van der Waals surface area contributed by atoms with Gasteiger partial charge in [0.05, 0.1) is 31.4 Å². The minimum atomic E-state index is -1.75. The number of H-pyrrole nitrogens is 2. The second-order valence-electron chi connectivity index (χ2n) is 37.2. The molecule has 0 radical (unpaired) electrons. The zero-order valence-electron chi connectivity index (χ0n) is 80.3. The maximum Gasteiger partial charge on any atom is 0.246 e. The molecule has 2 aromatic heterocycles. The van der Waals surface area contributed by atoms with Gasteiger partial charge in [-0.2, -0.15) is 0 Å². The fourth-order valence-electron chi connectivity index (χ4n) is 18.2. The Morgan fingerprint density at radius 3 is 1.67 bits per heavy atom. The third kappa shape index (κ3) is 29.1. The number of phenolic OH excluding ortho intramolecular Hbond substituents is 1. The van der Waals surface area contributed by atoms with Crippen molar-refractivity contribution < 1.29 is 91.7 Å². The number of aromatic amines is 2. The predicted octanol–water partition coefficient (Wildman–Crippen LogP) is 1.41. The van der Waals surface area contributed by atoms with Gasteiger partial charge in [0.25, 0.3) is 0 Å². The number of carbonyl (C=O) groups excluding carboxylic acids is 17. The van der Waals surface area contributed by atoms with Crippen LogP contribution in [0, 0.1) is 11.8 Å². The lowest BCUT2D eigenvalue weighted by Gasteiger charge is -2.36. The Morgan fingerprint density at radius 2 is 1.05 bits per heavy atom. The number of unbranched alkanes of at least 4 members (excludes halogenated alkanes) is 2. The first kappa shape index (κ1) is 107. The van der Waals surface area contributed by atoms with E-state index in [0.717, 1.165) is 32.0 Å². The first-order valence-corrected chi connectivity index (χ1v) is 48.8. The number of rotatable bonds is 23. The van der Waals surface area contributed by atoms with E-state index in [-0.39, 0.29) is 100 Å². The van der Waals surface area contributed by atoms with Crippen molar-refractivity contribution in [1.82, 2.24) is 92.5 Å². The molecular weight excluding hydrogens is 1790 g/mol. The van der Waals surface area contributed by atoms with Gasteiger partial charge in [0.2, 0.25) is 100 Å². The van der Waals surface area contributed by atoms with E-state index in [9.17, 15) is 58.2 Å². The maximum atomic E-state index is 15.7. The van der Waals surface area contributed by atoms with E-state index >= 15 is 33.6 Å². The molecule has 17 amide bonds. The van der Waals surface area contributed by atoms with Crippen LogP contribution in [0.15, 0.2) is 116 Å². The molecule has 138 heavy (non-hydrogen) atoms. The highest BCUT2D eigenvalue weighted by Crippen LogP contribution is 2.31. The number of amides is 17. The number of phenols is 1. The Kier molecular flexibility index (Phi) is 39.5. The molecule has 0 aliphatic carbocycles. The van der Waals surface area contributed by atoms with Crippen LogP contribution < -0.4 is 64.6 Å². The normalized spacial score (nSPS) is 24.9. The molecule has 18 N–H and O–H groups in total. The SMILES string of the molecule is CCCC[C@H]1C(=O)N(C)[C@@H](CCCC)C(=O)N[C@@H](CC(C)C)C(=O)N[C@H](C(=O)NCC(=O)N2CCC(c3ccccc3)CC2)CSCC(=O)N[C@@H](Cc2ccc(O)cc2)C(=O)N(C)[C@@H](C)C(=O)N[C@@H](CC(N)=O)C(=O)N2CCC[C@H]2C(=O)N[C@@H](CN)C(=O)N[C@@H](CC(C)C)C(=O)N2C[C@H](O)C[C@H]2C(=O)N[C@@H](Cc2c[nH]c3ccccc23)C(=O)NCC(=O)N[C@@H](Cc2c[nH]c3ccccc23)C(=O)N1C. The van der Waals surface area contributed by atoms with E-state index in [0.29, 0.717) is 90.1 Å². The van der Waals surface area contributed by atoms with Crippen molar-refractivity contribution >= 4 is 134 Å². The molecule has 748 valence electrons. The number of aromatic hydroxyl groups is 1. The number of likely N-dealkylation sites (N-methyl/N-ethyl adjacent to an activating group) is 3. The number of piperidine rings is 1. The van der Waals surface area contributed by atoms with Crippen LogP contribution in [0.3, 0.4) is 0 Å². The lowest BCUT2D eigenvalue weighted by atomic mass is 9.89. The molecule has 4 aliphatic heterocycles. The molecule has 4 aromatic carbocycles. The summed E-state index contributed by atoms with van der Waals surface area (Å²) >= 11 is 0.851. The largest absolute Gasteiger partial charge is 0.508 e. The fourth-order valence-corrected chi connectivity index (χ4v) is 19.0. The molecule has 0 saturated carbocycles. The molecule has 40 heteroatoms. The van der Waals surface area contributed by atoms with Crippen molar-refractivity contribution in [3.63, 3.8) is 0 Å². The number of nitrogens with one attached hydrogen (secondary N) is 12. The van der Waals surface area contributed by atoms with Crippen LogP contribution in [-0.4, -0.2) is 313 Å². The topological polar surface area (TPSA) is 554 Å². The Hall–Kier alpha value is -13.0. The van der Waals surface area contributed by atoms with Crippen LogP contribution in [0.4, 0.5) is 0 Å². The van der Waals surface area contributed by atoms with Gasteiger partial charge in [0.15, 0.2) is 0 Å². The lowest BCUT2D eigenvalue weighted by Crippen LogP contribution is -2.61. The van der Waals surface area contributed by atoms with E-state index in [1.807, 2.05) is 62.4 Å². The van der Waals surface area contributed by atoms with Crippen LogP contribution in [0.1, 0.15) is 167 Å². The van der Waals surface area contributed by atoms with E-state index in [4.69, 9.17) is 11.5 Å². The van der Waals surface area contributed by atoms with Gasteiger partial charge < -0.3 is 114 Å². The molecule has 6 heterocycles. The predicted molar refractivity (Wildman–Crippen MR) is 517 cm³/mol. The molecule has 4 saturated heterocycles. The van der Waals surface area contributed by atoms with Crippen molar-refractivity contribution in [3.8, 4) is 5.75 Å². The first-order valence-electron chi connectivity index (χ1n) is 47.7. The van der Waals surface area contributed by atoms with Gasteiger partial charge in [-0.3, -0.25) is 81.5 Å². The summed E-state index contributed by atoms with van der Waals surface area (Å²) in [5.74, 6) is -15.7. The third-order valence-electron chi connectivity index (χ3n) is 26.0. The molecule has 10 rings (SSSR count). The molecule has 0 bridgehead atoms. The zero-order valence-corrected chi connectivity index (χ0v) is 81.1. The van der Waals surface area contributed by atoms with E-state index in [2.05, 4.69) is 63.1 Å². The van der Waals surface area contributed by atoms with E-state index in [1.54, 1.807) is 75.3 Å². The number of likely N-dealkylation sites (tertiary alicyclic amines) is 1. The van der Waals surface area contributed by atoms with E-state index < -0.39 is 223 Å². The Balaban J connectivity index is 0.985. The minimum absolute atomic E-state index is 0.00302. The summed E-state index contributed by atoms with van der Waals surface area (Å²) in [6.07, 6.45) is 3.70. The molecule has 6 aromatic rings.